The molecule has 10 heavy (non-hydrogen) atoms. The summed E-state index contributed by atoms with van der Waals surface area (Å²) < 4.78 is 0. The summed E-state index contributed by atoms with van der Waals surface area (Å²) in [5.74, 6) is -0.833. The predicted molar refractivity (Wildman–Crippen MR) is 37.6 cm³/mol. The van der Waals surface area contributed by atoms with E-state index in [1.54, 1.807) is 11.3 Å². The van der Waals surface area contributed by atoms with Gasteiger partial charge in [0.25, 0.3) is 5.97 Å². The van der Waals surface area contributed by atoms with Crippen LogP contribution in [0.5, 0.6) is 0 Å². The number of carbonyl (C=O) groups is 1. The molecule has 1 rings (SSSR count). The summed E-state index contributed by atoms with van der Waals surface area (Å²) in [6.07, 6.45) is 0. The van der Waals surface area contributed by atoms with Crippen molar-refractivity contribution in [3.05, 3.63) is 22.9 Å². The Morgan fingerprint density at radius 3 is 1.80 bits per heavy atom. The van der Waals surface area contributed by atoms with Gasteiger partial charge in [0.2, 0.25) is 0 Å². The van der Waals surface area contributed by atoms with Crippen LogP contribution in [0.3, 0.4) is 0 Å². The van der Waals surface area contributed by atoms with Gasteiger partial charge >= 0.3 is 0 Å². The van der Waals surface area contributed by atoms with Gasteiger partial charge in [0.15, 0.2) is 0 Å². The number of rotatable bonds is 0. The minimum Gasteiger partial charge on any atom is -0.481 e. The molecule has 1 heterocycles. The zero-order chi connectivity index (χ0) is 7.11. The SMILES string of the molecule is CC(=O)O.[Fe].c1ccsc1. The Morgan fingerprint density at radius 2 is 1.70 bits per heavy atom. The summed E-state index contributed by atoms with van der Waals surface area (Å²) in [5, 5.41) is 11.5. The molecule has 0 atom stereocenters. The standard InChI is InChI=1S/C4H4S.C2H4O2.Fe/c1-2-4-5-3-1;1-2(3)4;/h1-4H;1H3,(H,3,4);. The van der Waals surface area contributed by atoms with Crippen LogP contribution in [0.25, 0.3) is 0 Å². The van der Waals surface area contributed by atoms with Gasteiger partial charge in [-0.15, -0.1) is 0 Å². The maximum atomic E-state index is 9.00. The Hall–Kier alpha value is -0.311. The normalized spacial score (nSPS) is 6.50. The molecule has 4 heteroatoms. The first kappa shape index (κ1) is 12.4. The Labute approximate surface area is 74.4 Å². The number of hydrogen-bond acceptors (Lipinski definition) is 2. The molecule has 0 bridgehead atoms. The topological polar surface area (TPSA) is 37.3 Å². The summed E-state index contributed by atoms with van der Waals surface area (Å²) >= 11 is 1.71. The molecule has 0 aromatic carbocycles. The van der Waals surface area contributed by atoms with Crippen molar-refractivity contribution in [1.82, 2.24) is 0 Å². The van der Waals surface area contributed by atoms with Crippen molar-refractivity contribution >= 4 is 17.3 Å². The minimum absolute atomic E-state index is 0. The van der Waals surface area contributed by atoms with Crippen LogP contribution in [0, 0.1) is 0 Å². The fourth-order valence-corrected chi connectivity index (χ4v) is 0.680. The van der Waals surface area contributed by atoms with Crippen molar-refractivity contribution in [2.75, 3.05) is 0 Å². The molecule has 0 saturated heterocycles. The molecule has 1 aromatic rings. The molecule has 0 radical (unpaired) electrons. The second-order valence-electron chi connectivity index (χ2n) is 1.31. The second kappa shape index (κ2) is 8.69. The van der Waals surface area contributed by atoms with Crippen LogP contribution in [-0.2, 0) is 21.9 Å². The van der Waals surface area contributed by atoms with Gasteiger partial charge in [-0.2, -0.15) is 11.3 Å². The average molecular weight is 200 g/mol. The number of carboxylic acid groups (broad SMARTS) is 1. The summed E-state index contributed by atoms with van der Waals surface area (Å²) in [7, 11) is 0. The summed E-state index contributed by atoms with van der Waals surface area (Å²) in [6, 6.07) is 4.04. The van der Waals surface area contributed by atoms with Crippen molar-refractivity contribution in [1.29, 1.82) is 0 Å². The van der Waals surface area contributed by atoms with E-state index in [1.807, 2.05) is 22.9 Å². The predicted octanol–water partition coefficient (Wildman–Crippen LogP) is 1.84. The Bertz CT molecular complexity index is 130. The van der Waals surface area contributed by atoms with E-state index in [9.17, 15) is 0 Å². The van der Waals surface area contributed by atoms with Crippen molar-refractivity contribution in [2.45, 2.75) is 6.92 Å². The van der Waals surface area contributed by atoms with E-state index in [0.29, 0.717) is 0 Å². The summed E-state index contributed by atoms with van der Waals surface area (Å²) in [4.78, 5) is 9.00. The monoisotopic (exact) mass is 200 g/mol. The van der Waals surface area contributed by atoms with Crippen LogP contribution in [0.1, 0.15) is 6.92 Å². The first-order valence-electron chi connectivity index (χ1n) is 2.40. The molecular formula is C6H8FeO2S. The van der Waals surface area contributed by atoms with Gasteiger partial charge in [-0.3, -0.25) is 4.79 Å². The molecule has 58 valence electrons. The number of hydrogen-bond donors (Lipinski definition) is 1. The van der Waals surface area contributed by atoms with Crippen LogP contribution in [0.4, 0.5) is 0 Å². The van der Waals surface area contributed by atoms with Crippen LogP contribution in [0.15, 0.2) is 22.9 Å². The van der Waals surface area contributed by atoms with Gasteiger partial charge in [0.05, 0.1) is 0 Å². The summed E-state index contributed by atoms with van der Waals surface area (Å²) in [5.41, 5.74) is 0. The van der Waals surface area contributed by atoms with Gasteiger partial charge in [0, 0.05) is 24.0 Å². The molecule has 0 saturated carbocycles. The fourth-order valence-electron chi connectivity index (χ4n) is 0.227. The van der Waals surface area contributed by atoms with Gasteiger partial charge in [-0.05, 0) is 10.8 Å². The molecule has 2 nitrogen and oxygen atoms in total. The number of carboxylic acids is 1. The van der Waals surface area contributed by atoms with E-state index in [4.69, 9.17) is 9.90 Å². The van der Waals surface area contributed by atoms with E-state index < -0.39 is 5.97 Å². The molecule has 0 amide bonds. The smallest absolute Gasteiger partial charge is 0.300 e. The molecule has 0 unspecified atom stereocenters. The molecule has 0 aliphatic rings. The molecule has 0 fully saturated rings. The maximum absolute atomic E-state index is 9.00. The first-order valence-corrected chi connectivity index (χ1v) is 3.34. The molecule has 1 aromatic heterocycles. The van der Waals surface area contributed by atoms with E-state index >= 15 is 0 Å². The van der Waals surface area contributed by atoms with E-state index in [1.165, 1.54) is 0 Å². The van der Waals surface area contributed by atoms with Crippen molar-refractivity contribution < 1.29 is 27.0 Å². The molecule has 1 N–H and O–H groups in total. The average Bonchev–Trinajstić information content (AvgIpc) is 2.11. The molecule has 0 aliphatic heterocycles. The molecule has 0 spiro atoms. The van der Waals surface area contributed by atoms with Crippen LogP contribution in [-0.4, -0.2) is 11.1 Å². The second-order valence-corrected chi connectivity index (χ2v) is 2.13. The molecular weight excluding hydrogens is 192 g/mol. The van der Waals surface area contributed by atoms with Crippen molar-refractivity contribution in [3.8, 4) is 0 Å². The van der Waals surface area contributed by atoms with E-state index in [-0.39, 0.29) is 17.1 Å². The van der Waals surface area contributed by atoms with Crippen molar-refractivity contribution in [2.24, 2.45) is 0 Å². The Kier molecular flexibility index (Phi) is 10.8. The third-order valence-electron chi connectivity index (χ3n) is 0.425. The number of aliphatic carboxylic acids is 1. The van der Waals surface area contributed by atoms with Gasteiger partial charge < -0.3 is 5.11 Å². The van der Waals surface area contributed by atoms with E-state index in [0.717, 1.165) is 6.92 Å². The van der Waals surface area contributed by atoms with Gasteiger partial charge in [-0.1, -0.05) is 12.1 Å². The van der Waals surface area contributed by atoms with Crippen LogP contribution < -0.4 is 0 Å². The quantitative estimate of drug-likeness (QED) is 0.648. The third-order valence-corrected chi connectivity index (χ3v) is 1.05. The maximum Gasteiger partial charge on any atom is 0.300 e. The van der Waals surface area contributed by atoms with Crippen LogP contribution in [0.2, 0.25) is 0 Å². The zero-order valence-corrected chi connectivity index (χ0v) is 7.35. The molecule has 0 aliphatic carbocycles. The number of thiophene rings is 1. The van der Waals surface area contributed by atoms with E-state index in [2.05, 4.69) is 0 Å². The Balaban J connectivity index is 0. The van der Waals surface area contributed by atoms with Crippen LogP contribution >= 0.6 is 11.3 Å². The third kappa shape index (κ3) is 15.6. The Morgan fingerprint density at radius 1 is 1.40 bits per heavy atom. The van der Waals surface area contributed by atoms with Crippen molar-refractivity contribution in [3.63, 3.8) is 0 Å². The fraction of sp³-hybridized carbons (Fsp3) is 0.167. The first-order chi connectivity index (χ1) is 4.23. The van der Waals surface area contributed by atoms with Gasteiger partial charge in [0.1, 0.15) is 0 Å². The summed E-state index contributed by atoms with van der Waals surface area (Å²) in [6.45, 7) is 1.08. The largest absolute Gasteiger partial charge is 0.481 e. The minimum atomic E-state index is -0.833. The van der Waals surface area contributed by atoms with Gasteiger partial charge in [-0.25, -0.2) is 0 Å². The zero-order valence-electron chi connectivity index (χ0n) is 5.43.